The molecule has 1 aliphatic rings. The molecule has 6 heteroatoms. The molecular weight excluding hydrogens is 332 g/mol. The molecule has 4 N–H and O–H groups in total. The van der Waals surface area contributed by atoms with Crippen molar-refractivity contribution in [2.45, 2.75) is 39.0 Å². The van der Waals surface area contributed by atoms with Gasteiger partial charge in [0.2, 0.25) is 6.79 Å². The SMILES string of the molecule is CC(C)c1cc(/C(=N\N)C(C)(C)c2ccc3c(c2)OCO3)c(O)cc1O. The number of hydrazone groups is 1. The number of phenolic OH excluding ortho intramolecular Hbond substituents is 2. The van der Waals surface area contributed by atoms with E-state index < -0.39 is 5.41 Å². The third-order valence-electron chi connectivity index (χ3n) is 4.84. The van der Waals surface area contributed by atoms with Crippen LogP contribution in [0, 0.1) is 0 Å². The van der Waals surface area contributed by atoms with E-state index in [1.165, 1.54) is 6.07 Å². The van der Waals surface area contributed by atoms with Gasteiger partial charge in [-0.1, -0.05) is 33.8 Å². The minimum atomic E-state index is -0.613. The van der Waals surface area contributed by atoms with Gasteiger partial charge in [0.15, 0.2) is 11.5 Å². The summed E-state index contributed by atoms with van der Waals surface area (Å²) in [4.78, 5) is 0. The standard InChI is InChI=1S/C20H24N2O4/c1-11(2)13-8-14(16(24)9-15(13)23)19(22-21)20(3,4)12-5-6-17-18(7-12)26-10-25-17/h5-9,11,23-24H,10,21H2,1-4H3/b22-19+. The molecule has 0 radical (unpaired) electrons. The van der Waals surface area contributed by atoms with Crippen molar-refractivity contribution in [3.8, 4) is 23.0 Å². The van der Waals surface area contributed by atoms with E-state index in [0.29, 0.717) is 22.8 Å². The van der Waals surface area contributed by atoms with E-state index in [1.54, 1.807) is 6.07 Å². The first kappa shape index (κ1) is 17.9. The van der Waals surface area contributed by atoms with Crippen LogP contribution in [0.15, 0.2) is 35.4 Å². The molecule has 0 fully saturated rings. The second-order valence-corrected chi connectivity index (χ2v) is 7.25. The number of benzene rings is 2. The lowest BCUT2D eigenvalue weighted by Crippen LogP contribution is -2.31. The number of nitrogens with two attached hydrogens (primary N) is 1. The average Bonchev–Trinajstić information content (AvgIpc) is 3.04. The molecule has 0 amide bonds. The Morgan fingerprint density at radius 2 is 1.77 bits per heavy atom. The lowest BCUT2D eigenvalue weighted by Gasteiger charge is -2.28. The normalized spacial score (nSPS) is 14.1. The maximum Gasteiger partial charge on any atom is 0.231 e. The molecule has 2 aromatic carbocycles. The summed E-state index contributed by atoms with van der Waals surface area (Å²) in [6, 6.07) is 8.76. The number of ether oxygens (including phenoxy) is 2. The van der Waals surface area contributed by atoms with Crippen molar-refractivity contribution in [1.29, 1.82) is 0 Å². The van der Waals surface area contributed by atoms with Gasteiger partial charge >= 0.3 is 0 Å². The Kier molecular flexibility index (Phi) is 4.44. The van der Waals surface area contributed by atoms with E-state index in [9.17, 15) is 10.2 Å². The van der Waals surface area contributed by atoms with Gasteiger partial charge < -0.3 is 25.5 Å². The highest BCUT2D eigenvalue weighted by Gasteiger charge is 2.32. The molecule has 1 heterocycles. The highest BCUT2D eigenvalue weighted by atomic mass is 16.7. The van der Waals surface area contributed by atoms with Gasteiger partial charge in [0.1, 0.15) is 11.5 Å². The topological polar surface area (TPSA) is 97.3 Å². The van der Waals surface area contributed by atoms with E-state index in [2.05, 4.69) is 5.10 Å². The van der Waals surface area contributed by atoms with Gasteiger partial charge in [-0.15, -0.1) is 0 Å². The van der Waals surface area contributed by atoms with Crippen LogP contribution in [-0.4, -0.2) is 22.7 Å². The van der Waals surface area contributed by atoms with Crippen molar-refractivity contribution in [2.75, 3.05) is 6.79 Å². The molecule has 0 unspecified atom stereocenters. The number of hydrogen-bond acceptors (Lipinski definition) is 6. The maximum atomic E-state index is 10.4. The van der Waals surface area contributed by atoms with Gasteiger partial charge in [0.25, 0.3) is 0 Å². The van der Waals surface area contributed by atoms with Crippen LogP contribution in [0.4, 0.5) is 0 Å². The summed E-state index contributed by atoms with van der Waals surface area (Å²) < 4.78 is 10.8. The predicted molar refractivity (Wildman–Crippen MR) is 100 cm³/mol. The van der Waals surface area contributed by atoms with Gasteiger partial charge in [0, 0.05) is 17.0 Å². The van der Waals surface area contributed by atoms with Gasteiger partial charge in [-0.25, -0.2) is 0 Å². The van der Waals surface area contributed by atoms with Crippen molar-refractivity contribution < 1.29 is 19.7 Å². The Labute approximate surface area is 152 Å². The Bertz CT molecular complexity index is 872. The fourth-order valence-corrected chi connectivity index (χ4v) is 3.24. The molecule has 0 aromatic heterocycles. The largest absolute Gasteiger partial charge is 0.508 e. The number of rotatable bonds is 4. The summed E-state index contributed by atoms with van der Waals surface area (Å²) >= 11 is 0. The Morgan fingerprint density at radius 3 is 2.42 bits per heavy atom. The second-order valence-electron chi connectivity index (χ2n) is 7.25. The fraction of sp³-hybridized carbons (Fsp3) is 0.350. The van der Waals surface area contributed by atoms with Crippen molar-refractivity contribution >= 4 is 5.71 Å². The molecule has 0 spiro atoms. The van der Waals surface area contributed by atoms with E-state index in [4.69, 9.17) is 15.3 Å². The van der Waals surface area contributed by atoms with E-state index >= 15 is 0 Å². The molecule has 0 atom stereocenters. The van der Waals surface area contributed by atoms with Crippen LogP contribution in [0.1, 0.15) is 50.3 Å². The zero-order valence-electron chi connectivity index (χ0n) is 15.4. The monoisotopic (exact) mass is 356 g/mol. The smallest absolute Gasteiger partial charge is 0.231 e. The third kappa shape index (κ3) is 2.92. The van der Waals surface area contributed by atoms with E-state index in [-0.39, 0.29) is 24.2 Å². The second kappa shape index (κ2) is 6.44. The van der Waals surface area contributed by atoms with Crippen LogP contribution < -0.4 is 15.3 Å². The molecular formula is C20H24N2O4. The molecule has 3 rings (SSSR count). The molecule has 1 aliphatic heterocycles. The Balaban J connectivity index is 2.10. The number of aromatic hydroxyl groups is 2. The lowest BCUT2D eigenvalue weighted by molar-refractivity contribution is 0.174. The van der Waals surface area contributed by atoms with Crippen LogP contribution in [0.3, 0.4) is 0 Å². The van der Waals surface area contributed by atoms with Gasteiger partial charge in [-0.3, -0.25) is 0 Å². The summed E-state index contributed by atoms with van der Waals surface area (Å²) in [5.41, 5.74) is 2.04. The molecule has 138 valence electrons. The Hall–Kier alpha value is -2.89. The van der Waals surface area contributed by atoms with Crippen LogP contribution in [0.2, 0.25) is 0 Å². The number of hydrogen-bond donors (Lipinski definition) is 3. The minimum Gasteiger partial charge on any atom is -0.508 e. The summed E-state index contributed by atoms with van der Waals surface area (Å²) in [5, 5.41) is 24.5. The molecule has 0 aliphatic carbocycles. The first-order valence-corrected chi connectivity index (χ1v) is 8.50. The highest BCUT2D eigenvalue weighted by Crippen LogP contribution is 2.40. The van der Waals surface area contributed by atoms with Crippen molar-refractivity contribution in [3.05, 3.63) is 47.0 Å². The molecule has 2 aromatic rings. The van der Waals surface area contributed by atoms with Crippen LogP contribution in [-0.2, 0) is 5.41 Å². The maximum absolute atomic E-state index is 10.4. The molecule has 6 nitrogen and oxygen atoms in total. The van der Waals surface area contributed by atoms with Gasteiger partial charge in [-0.05, 0) is 35.2 Å². The number of phenols is 2. The molecule has 0 saturated heterocycles. The summed E-state index contributed by atoms with van der Waals surface area (Å²) in [6.07, 6.45) is 0. The van der Waals surface area contributed by atoms with Crippen LogP contribution in [0.25, 0.3) is 0 Å². The van der Waals surface area contributed by atoms with Crippen LogP contribution in [0.5, 0.6) is 23.0 Å². The molecule has 26 heavy (non-hydrogen) atoms. The zero-order chi connectivity index (χ0) is 19.1. The third-order valence-corrected chi connectivity index (χ3v) is 4.84. The molecule has 0 bridgehead atoms. The van der Waals surface area contributed by atoms with E-state index in [1.807, 2.05) is 45.9 Å². The Morgan fingerprint density at radius 1 is 1.08 bits per heavy atom. The van der Waals surface area contributed by atoms with Crippen molar-refractivity contribution in [3.63, 3.8) is 0 Å². The van der Waals surface area contributed by atoms with E-state index in [0.717, 1.165) is 11.1 Å². The summed E-state index contributed by atoms with van der Waals surface area (Å²) in [7, 11) is 0. The number of fused-ring (bicyclic) bond motifs is 1. The van der Waals surface area contributed by atoms with Gasteiger partial charge in [-0.2, -0.15) is 5.10 Å². The van der Waals surface area contributed by atoms with Crippen molar-refractivity contribution in [2.24, 2.45) is 10.9 Å². The summed E-state index contributed by atoms with van der Waals surface area (Å²) in [5.74, 6) is 7.18. The van der Waals surface area contributed by atoms with Crippen molar-refractivity contribution in [1.82, 2.24) is 0 Å². The first-order chi connectivity index (χ1) is 12.3. The van der Waals surface area contributed by atoms with Gasteiger partial charge in [0.05, 0.1) is 5.71 Å². The highest BCUT2D eigenvalue weighted by molar-refractivity contribution is 6.09. The number of nitrogens with zero attached hydrogens (tertiary/aromatic N) is 1. The fourth-order valence-electron chi connectivity index (χ4n) is 3.24. The molecule has 0 saturated carbocycles. The first-order valence-electron chi connectivity index (χ1n) is 8.50. The quantitative estimate of drug-likeness (QED) is 0.442. The minimum absolute atomic E-state index is 0.0542. The van der Waals surface area contributed by atoms with Crippen LogP contribution >= 0.6 is 0 Å². The lowest BCUT2D eigenvalue weighted by atomic mass is 9.76. The summed E-state index contributed by atoms with van der Waals surface area (Å²) in [6.45, 7) is 8.08. The zero-order valence-corrected chi connectivity index (χ0v) is 15.4. The predicted octanol–water partition coefficient (Wildman–Crippen LogP) is 3.59. The average molecular weight is 356 g/mol.